The normalized spacial score (nSPS) is 11.4. The van der Waals surface area contributed by atoms with Crippen LogP contribution in [0, 0.1) is 0 Å². The van der Waals surface area contributed by atoms with Gasteiger partial charge in [-0.3, -0.25) is 14.5 Å². The standard InChI is InChI=1S/C15H13N3O5S/c1-9(19)16-10-2-4-11(5-3-10)18-24(21,22)12-6-7-13-14(8-12)23-15(20)17-13/h2-8,18H,1H3,(H,16,19)(H,17,20). The molecule has 24 heavy (non-hydrogen) atoms. The number of sulfonamides is 1. The van der Waals surface area contributed by atoms with Crippen molar-refractivity contribution < 1.29 is 17.6 Å². The molecule has 0 saturated carbocycles. The summed E-state index contributed by atoms with van der Waals surface area (Å²) in [4.78, 5) is 24.5. The molecule has 0 unspecified atom stereocenters. The molecule has 3 N–H and O–H groups in total. The molecule has 2 aromatic carbocycles. The van der Waals surface area contributed by atoms with Crippen LogP contribution in [-0.4, -0.2) is 19.3 Å². The molecule has 0 aliphatic carbocycles. The highest BCUT2D eigenvalue weighted by Crippen LogP contribution is 2.21. The van der Waals surface area contributed by atoms with E-state index in [4.69, 9.17) is 4.42 Å². The van der Waals surface area contributed by atoms with Crippen molar-refractivity contribution >= 4 is 38.4 Å². The number of benzene rings is 2. The summed E-state index contributed by atoms with van der Waals surface area (Å²) in [6.07, 6.45) is 0. The molecular weight excluding hydrogens is 334 g/mol. The third kappa shape index (κ3) is 3.30. The van der Waals surface area contributed by atoms with Gasteiger partial charge in [-0.2, -0.15) is 0 Å². The third-order valence-electron chi connectivity index (χ3n) is 3.16. The van der Waals surface area contributed by atoms with E-state index in [1.165, 1.54) is 37.3 Å². The van der Waals surface area contributed by atoms with Gasteiger partial charge in [0.05, 0.1) is 10.4 Å². The summed E-state index contributed by atoms with van der Waals surface area (Å²) in [7, 11) is -3.84. The molecule has 8 nitrogen and oxygen atoms in total. The minimum absolute atomic E-state index is 0.0383. The lowest BCUT2D eigenvalue weighted by atomic mass is 10.3. The van der Waals surface area contributed by atoms with Crippen molar-refractivity contribution in [1.29, 1.82) is 0 Å². The topological polar surface area (TPSA) is 121 Å². The lowest BCUT2D eigenvalue weighted by Gasteiger charge is -2.09. The van der Waals surface area contributed by atoms with E-state index in [1.807, 2.05) is 0 Å². The summed E-state index contributed by atoms with van der Waals surface area (Å²) in [6.45, 7) is 1.38. The zero-order chi connectivity index (χ0) is 17.3. The molecule has 0 fully saturated rings. The lowest BCUT2D eigenvalue weighted by Crippen LogP contribution is -2.13. The maximum atomic E-state index is 12.4. The quantitative estimate of drug-likeness (QED) is 0.665. The molecule has 0 aliphatic heterocycles. The zero-order valence-corrected chi connectivity index (χ0v) is 13.3. The van der Waals surface area contributed by atoms with Crippen LogP contribution < -0.4 is 15.8 Å². The SMILES string of the molecule is CC(=O)Nc1ccc(NS(=O)(=O)c2ccc3[nH]c(=O)oc3c2)cc1. The number of amides is 1. The van der Waals surface area contributed by atoms with E-state index in [1.54, 1.807) is 12.1 Å². The Balaban J connectivity index is 1.86. The summed E-state index contributed by atoms with van der Waals surface area (Å²) < 4.78 is 32.1. The molecule has 3 aromatic rings. The highest BCUT2D eigenvalue weighted by atomic mass is 32.2. The fourth-order valence-corrected chi connectivity index (χ4v) is 3.21. The summed E-state index contributed by atoms with van der Waals surface area (Å²) in [5.74, 6) is -0.870. The minimum atomic E-state index is -3.84. The van der Waals surface area contributed by atoms with Crippen LogP contribution >= 0.6 is 0 Å². The number of rotatable bonds is 4. The Kier molecular flexibility index (Phi) is 3.86. The average molecular weight is 347 g/mol. The number of aromatic amines is 1. The molecule has 3 rings (SSSR count). The second-order valence-corrected chi connectivity index (χ2v) is 6.72. The molecule has 1 heterocycles. The van der Waals surface area contributed by atoms with Crippen molar-refractivity contribution in [2.24, 2.45) is 0 Å². The Bertz CT molecular complexity index is 1060. The number of H-pyrrole nitrogens is 1. The molecule has 0 spiro atoms. The molecule has 1 aromatic heterocycles. The highest BCUT2D eigenvalue weighted by molar-refractivity contribution is 7.92. The summed E-state index contributed by atoms with van der Waals surface area (Å²) >= 11 is 0. The predicted molar refractivity (Wildman–Crippen MR) is 88.4 cm³/mol. The van der Waals surface area contributed by atoms with Gasteiger partial charge in [-0.25, -0.2) is 13.2 Å². The Morgan fingerprint density at radius 1 is 1.08 bits per heavy atom. The molecule has 9 heteroatoms. The van der Waals surface area contributed by atoms with E-state index in [0.717, 1.165) is 0 Å². The maximum absolute atomic E-state index is 12.4. The molecule has 124 valence electrons. The number of carbonyl (C=O) groups excluding carboxylic acids is 1. The molecule has 0 aliphatic rings. The second kappa shape index (κ2) is 5.85. The van der Waals surface area contributed by atoms with Crippen molar-refractivity contribution in [2.75, 3.05) is 10.0 Å². The number of hydrogen-bond donors (Lipinski definition) is 3. The van der Waals surface area contributed by atoms with Gasteiger partial charge in [-0.15, -0.1) is 0 Å². The number of nitrogens with one attached hydrogen (secondary N) is 3. The van der Waals surface area contributed by atoms with Crippen molar-refractivity contribution in [2.45, 2.75) is 11.8 Å². The van der Waals surface area contributed by atoms with Crippen molar-refractivity contribution in [1.82, 2.24) is 4.98 Å². The van der Waals surface area contributed by atoms with E-state index in [-0.39, 0.29) is 16.4 Å². The lowest BCUT2D eigenvalue weighted by molar-refractivity contribution is -0.114. The fourth-order valence-electron chi connectivity index (χ4n) is 2.13. The number of aromatic nitrogens is 1. The number of oxazole rings is 1. The van der Waals surface area contributed by atoms with Crippen LogP contribution in [0.3, 0.4) is 0 Å². The first kappa shape index (κ1) is 15.8. The molecule has 0 atom stereocenters. The van der Waals surface area contributed by atoms with Crippen LogP contribution in [0.1, 0.15) is 6.92 Å². The van der Waals surface area contributed by atoms with Crippen LogP contribution in [0.4, 0.5) is 11.4 Å². The van der Waals surface area contributed by atoms with E-state index in [9.17, 15) is 18.0 Å². The Labute approximate surface area is 136 Å². The number of anilines is 2. The van der Waals surface area contributed by atoms with Crippen LogP contribution in [0.2, 0.25) is 0 Å². The van der Waals surface area contributed by atoms with Crippen molar-refractivity contribution in [3.05, 3.63) is 53.0 Å². The van der Waals surface area contributed by atoms with E-state index < -0.39 is 15.8 Å². The van der Waals surface area contributed by atoms with Crippen molar-refractivity contribution in [3.8, 4) is 0 Å². The highest BCUT2D eigenvalue weighted by Gasteiger charge is 2.16. The van der Waals surface area contributed by atoms with Crippen LogP contribution in [0.25, 0.3) is 11.1 Å². The van der Waals surface area contributed by atoms with E-state index in [0.29, 0.717) is 16.9 Å². The number of carbonyl (C=O) groups is 1. The second-order valence-electron chi connectivity index (χ2n) is 5.04. The van der Waals surface area contributed by atoms with Crippen molar-refractivity contribution in [3.63, 3.8) is 0 Å². The smallest absolute Gasteiger partial charge is 0.408 e. The third-order valence-corrected chi connectivity index (χ3v) is 4.54. The molecule has 0 bridgehead atoms. The van der Waals surface area contributed by atoms with Gasteiger partial charge >= 0.3 is 5.76 Å². The molecule has 1 amide bonds. The minimum Gasteiger partial charge on any atom is -0.408 e. The van der Waals surface area contributed by atoms with Gasteiger partial charge in [0.25, 0.3) is 10.0 Å². The first-order valence-corrected chi connectivity index (χ1v) is 8.35. The number of fused-ring (bicyclic) bond motifs is 1. The summed E-state index contributed by atoms with van der Waals surface area (Å²) in [6, 6.07) is 10.3. The summed E-state index contributed by atoms with van der Waals surface area (Å²) in [5.41, 5.74) is 1.46. The largest absolute Gasteiger partial charge is 0.417 e. The maximum Gasteiger partial charge on any atom is 0.417 e. The summed E-state index contributed by atoms with van der Waals surface area (Å²) in [5, 5.41) is 2.59. The van der Waals surface area contributed by atoms with Gasteiger partial charge in [0.2, 0.25) is 5.91 Å². The van der Waals surface area contributed by atoms with E-state index in [2.05, 4.69) is 15.0 Å². The van der Waals surface area contributed by atoms with Gasteiger partial charge in [-0.1, -0.05) is 0 Å². The fraction of sp³-hybridized carbons (Fsp3) is 0.0667. The first-order chi connectivity index (χ1) is 11.3. The van der Waals surface area contributed by atoms with Gasteiger partial charge in [0.1, 0.15) is 0 Å². The molecule has 0 radical (unpaired) electrons. The Morgan fingerprint density at radius 2 is 1.75 bits per heavy atom. The zero-order valence-electron chi connectivity index (χ0n) is 12.5. The van der Waals surface area contributed by atoms with Gasteiger partial charge in [-0.05, 0) is 36.4 Å². The van der Waals surface area contributed by atoms with Crippen LogP contribution in [0.5, 0.6) is 0 Å². The van der Waals surface area contributed by atoms with Crippen LogP contribution in [0.15, 0.2) is 56.6 Å². The van der Waals surface area contributed by atoms with Gasteiger partial charge in [0.15, 0.2) is 5.58 Å². The van der Waals surface area contributed by atoms with Gasteiger partial charge < -0.3 is 9.73 Å². The molecule has 0 saturated heterocycles. The Hall–Kier alpha value is -3.07. The Morgan fingerprint density at radius 3 is 2.42 bits per heavy atom. The average Bonchev–Trinajstić information content (AvgIpc) is 2.87. The first-order valence-electron chi connectivity index (χ1n) is 6.87. The monoisotopic (exact) mass is 347 g/mol. The van der Waals surface area contributed by atoms with E-state index >= 15 is 0 Å². The predicted octanol–water partition coefficient (Wildman–Crippen LogP) is 1.88. The van der Waals surface area contributed by atoms with Crippen LogP contribution in [-0.2, 0) is 14.8 Å². The number of hydrogen-bond acceptors (Lipinski definition) is 5. The van der Waals surface area contributed by atoms with Gasteiger partial charge in [0, 0.05) is 24.4 Å². The molecular formula is C15H13N3O5S.